The van der Waals surface area contributed by atoms with E-state index in [-0.39, 0.29) is 0 Å². The third-order valence-electron chi connectivity index (χ3n) is 4.13. The van der Waals surface area contributed by atoms with Crippen LogP contribution >= 0.6 is 23.2 Å². The molecule has 0 radical (unpaired) electrons. The molecule has 0 spiro atoms. The maximum atomic E-state index is 6.17. The van der Waals surface area contributed by atoms with Gasteiger partial charge in [-0.15, -0.1) is 0 Å². The predicted molar refractivity (Wildman–Crippen MR) is 111 cm³/mol. The number of methoxy groups -OCH3 is 1. The molecule has 140 valence electrons. The van der Waals surface area contributed by atoms with Gasteiger partial charge in [0.15, 0.2) is 0 Å². The van der Waals surface area contributed by atoms with Crippen LogP contribution in [0.5, 0.6) is 11.5 Å². The lowest BCUT2D eigenvalue weighted by Gasteiger charge is -2.13. The molecule has 0 aliphatic carbocycles. The average molecular weight is 402 g/mol. The van der Waals surface area contributed by atoms with E-state index in [1.165, 1.54) is 5.56 Å². The minimum atomic E-state index is 0.476. The molecule has 0 heterocycles. The Labute approximate surface area is 169 Å². The molecule has 0 aromatic heterocycles. The second-order valence-corrected chi connectivity index (χ2v) is 6.99. The smallest absolute Gasteiger partial charge is 0.124 e. The third-order valence-corrected chi connectivity index (χ3v) is 4.62. The van der Waals surface area contributed by atoms with E-state index in [0.717, 1.165) is 29.2 Å². The number of ether oxygens (including phenoxy) is 2. The summed E-state index contributed by atoms with van der Waals surface area (Å²) in [6.45, 7) is 1.87. The van der Waals surface area contributed by atoms with Gasteiger partial charge in [-0.2, -0.15) is 0 Å². The summed E-state index contributed by atoms with van der Waals surface area (Å²) in [5.41, 5.74) is 3.26. The van der Waals surface area contributed by atoms with Crippen LogP contribution in [-0.2, 0) is 19.7 Å². The minimum Gasteiger partial charge on any atom is -0.497 e. The van der Waals surface area contributed by atoms with Crippen LogP contribution in [0.3, 0.4) is 0 Å². The highest BCUT2D eigenvalue weighted by Crippen LogP contribution is 2.24. The lowest BCUT2D eigenvalue weighted by molar-refractivity contribution is 0.302. The quantitative estimate of drug-likeness (QED) is 0.511. The molecule has 0 unspecified atom stereocenters. The van der Waals surface area contributed by atoms with Crippen LogP contribution < -0.4 is 14.8 Å². The molecule has 3 aromatic carbocycles. The lowest BCUT2D eigenvalue weighted by atomic mass is 10.1. The molecule has 3 nitrogen and oxygen atoms in total. The Hall–Kier alpha value is -2.20. The number of nitrogens with one attached hydrogen (secondary N) is 1. The molecular weight excluding hydrogens is 381 g/mol. The van der Waals surface area contributed by atoms with E-state index >= 15 is 0 Å². The van der Waals surface area contributed by atoms with Gasteiger partial charge >= 0.3 is 0 Å². The number of hydrogen-bond acceptors (Lipinski definition) is 3. The van der Waals surface area contributed by atoms with Gasteiger partial charge in [0, 0.05) is 28.7 Å². The SMILES string of the molecule is COc1ccc(CNCc2cc(Cl)ccc2OCc2ccc(Cl)cc2)cc1. The molecular formula is C22H21Cl2NO2. The van der Waals surface area contributed by atoms with Crippen molar-refractivity contribution in [1.82, 2.24) is 5.32 Å². The fraction of sp³-hybridized carbons (Fsp3) is 0.182. The van der Waals surface area contributed by atoms with Gasteiger partial charge in [0.2, 0.25) is 0 Å². The van der Waals surface area contributed by atoms with Gasteiger partial charge in [-0.05, 0) is 53.6 Å². The van der Waals surface area contributed by atoms with Crippen LogP contribution in [0.1, 0.15) is 16.7 Å². The van der Waals surface area contributed by atoms with Gasteiger partial charge in [-0.25, -0.2) is 0 Å². The van der Waals surface area contributed by atoms with Crippen molar-refractivity contribution in [3.8, 4) is 11.5 Å². The summed E-state index contributed by atoms with van der Waals surface area (Å²) in [4.78, 5) is 0. The van der Waals surface area contributed by atoms with E-state index in [9.17, 15) is 0 Å². The topological polar surface area (TPSA) is 30.5 Å². The number of halogens is 2. The van der Waals surface area contributed by atoms with Gasteiger partial charge in [-0.1, -0.05) is 47.5 Å². The van der Waals surface area contributed by atoms with Crippen LogP contribution in [0.2, 0.25) is 10.0 Å². The van der Waals surface area contributed by atoms with Crippen molar-refractivity contribution in [2.45, 2.75) is 19.7 Å². The first-order chi connectivity index (χ1) is 13.1. The van der Waals surface area contributed by atoms with Crippen molar-refractivity contribution < 1.29 is 9.47 Å². The van der Waals surface area contributed by atoms with Crippen LogP contribution in [0.4, 0.5) is 0 Å². The molecule has 0 atom stereocenters. The molecule has 0 saturated carbocycles. The summed E-state index contributed by atoms with van der Waals surface area (Å²) in [6.07, 6.45) is 0. The summed E-state index contributed by atoms with van der Waals surface area (Å²) in [7, 11) is 1.66. The van der Waals surface area contributed by atoms with Crippen molar-refractivity contribution in [2.24, 2.45) is 0 Å². The fourth-order valence-corrected chi connectivity index (χ4v) is 2.97. The minimum absolute atomic E-state index is 0.476. The molecule has 0 bridgehead atoms. The number of hydrogen-bond donors (Lipinski definition) is 1. The summed E-state index contributed by atoms with van der Waals surface area (Å²) < 4.78 is 11.2. The number of benzene rings is 3. The average Bonchev–Trinajstić information content (AvgIpc) is 2.69. The molecule has 0 aliphatic rings. The first kappa shape index (κ1) is 19.6. The largest absolute Gasteiger partial charge is 0.497 e. The fourth-order valence-electron chi connectivity index (χ4n) is 2.65. The molecule has 3 aromatic rings. The second-order valence-electron chi connectivity index (χ2n) is 6.12. The van der Waals surface area contributed by atoms with Crippen molar-refractivity contribution in [2.75, 3.05) is 7.11 Å². The highest BCUT2D eigenvalue weighted by atomic mass is 35.5. The lowest BCUT2D eigenvalue weighted by Crippen LogP contribution is -2.13. The van der Waals surface area contributed by atoms with Crippen molar-refractivity contribution in [1.29, 1.82) is 0 Å². The predicted octanol–water partition coefficient (Wildman–Crippen LogP) is 5.87. The summed E-state index contributed by atoms with van der Waals surface area (Å²) in [6, 6.07) is 21.3. The Bertz CT molecular complexity index is 864. The zero-order valence-electron chi connectivity index (χ0n) is 15.0. The van der Waals surface area contributed by atoms with Crippen molar-refractivity contribution >= 4 is 23.2 Å². The zero-order valence-corrected chi connectivity index (χ0v) is 16.6. The molecule has 0 aliphatic heterocycles. The Kier molecular flexibility index (Phi) is 6.99. The highest BCUT2D eigenvalue weighted by Gasteiger charge is 2.06. The van der Waals surface area contributed by atoms with E-state index in [0.29, 0.717) is 23.2 Å². The van der Waals surface area contributed by atoms with Gasteiger partial charge in [0.05, 0.1) is 7.11 Å². The molecule has 3 rings (SSSR count). The van der Waals surface area contributed by atoms with Gasteiger partial charge in [-0.3, -0.25) is 0 Å². The maximum absolute atomic E-state index is 6.17. The van der Waals surface area contributed by atoms with E-state index in [4.69, 9.17) is 32.7 Å². The van der Waals surface area contributed by atoms with Crippen LogP contribution in [0.15, 0.2) is 66.7 Å². The summed E-state index contributed by atoms with van der Waals surface area (Å²) >= 11 is 12.1. The zero-order chi connectivity index (χ0) is 19.1. The molecule has 0 amide bonds. The van der Waals surface area contributed by atoms with Crippen molar-refractivity contribution in [3.63, 3.8) is 0 Å². The molecule has 27 heavy (non-hydrogen) atoms. The molecule has 0 saturated heterocycles. The molecule has 5 heteroatoms. The van der Waals surface area contributed by atoms with Crippen molar-refractivity contribution in [3.05, 3.63) is 93.5 Å². The summed E-state index contributed by atoms with van der Waals surface area (Å²) in [5.74, 6) is 1.67. The normalized spacial score (nSPS) is 10.6. The Morgan fingerprint density at radius 3 is 2.15 bits per heavy atom. The molecule has 0 fully saturated rings. The van der Waals surface area contributed by atoms with Gasteiger partial charge in [0.1, 0.15) is 18.1 Å². The maximum Gasteiger partial charge on any atom is 0.124 e. The standard InChI is InChI=1S/C22H21Cl2NO2/c1-26-21-9-4-16(5-10-21)13-25-14-18-12-20(24)8-11-22(18)27-15-17-2-6-19(23)7-3-17/h2-12,25H,13-15H2,1H3. The van der Waals surface area contributed by atoms with E-state index < -0.39 is 0 Å². The van der Waals surface area contributed by atoms with Crippen LogP contribution in [-0.4, -0.2) is 7.11 Å². The van der Waals surface area contributed by atoms with E-state index in [2.05, 4.69) is 5.32 Å². The van der Waals surface area contributed by atoms with Gasteiger partial charge in [0.25, 0.3) is 0 Å². The van der Waals surface area contributed by atoms with E-state index in [1.807, 2.05) is 66.7 Å². The first-order valence-corrected chi connectivity index (χ1v) is 9.39. The molecule has 1 N–H and O–H groups in total. The van der Waals surface area contributed by atoms with Gasteiger partial charge < -0.3 is 14.8 Å². The summed E-state index contributed by atoms with van der Waals surface area (Å²) in [5, 5.41) is 4.84. The first-order valence-electron chi connectivity index (χ1n) is 8.63. The van der Waals surface area contributed by atoms with Crippen LogP contribution in [0, 0.1) is 0 Å². The monoisotopic (exact) mass is 401 g/mol. The second kappa shape index (κ2) is 9.65. The Balaban J connectivity index is 1.60. The van der Waals surface area contributed by atoms with E-state index in [1.54, 1.807) is 7.11 Å². The van der Waals surface area contributed by atoms with Crippen LogP contribution in [0.25, 0.3) is 0 Å². The third kappa shape index (κ3) is 5.90. The Morgan fingerprint density at radius 1 is 0.778 bits per heavy atom. The number of rotatable bonds is 8. The highest BCUT2D eigenvalue weighted by molar-refractivity contribution is 6.30. The Morgan fingerprint density at radius 2 is 1.44 bits per heavy atom.